The van der Waals surface area contributed by atoms with Crippen LogP contribution in [0.25, 0.3) is 0 Å². The van der Waals surface area contributed by atoms with Gasteiger partial charge in [0.2, 0.25) is 5.91 Å². The lowest BCUT2D eigenvalue weighted by Gasteiger charge is -2.15. The van der Waals surface area contributed by atoms with Crippen LogP contribution in [0.1, 0.15) is 12.5 Å². The van der Waals surface area contributed by atoms with Crippen molar-refractivity contribution in [1.82, 2.24) is 0 Å². The molecular formula is C13H13ClF3NO3S. The minimum absolute atomic E-state index is 0.0596. The second-order valence-electron chi connectivity index (χ2n) is 4.01. The van der Waals surface area contributed by atoms with Crippen molar-refractivity contribution in [2.45, 2.75) is 13.1 Å². The predicted molar refractivity (Wildman–Crippen MR) is 79.0 cm³/mol. The van der Waals surface area contributed by atoms with E-state index in [1.807, 2.05) is 0 Å². The summed E-state index contributed by atoms with van der Waals surface area (Å²) < 4.78 is 43.2. The van der Waals surface area contributed by atoms with Crippen molar-refractivity contribution in [3.05, 3.63) is 28.8 Å². The average molecular weight is 356 g/mol. The quantitative estimate of drug-likeness (QED) is 0.792. The topological polar surface area (TPSA) is 55.4 Å². The highest BCUT2D eigenvalue weighted by Gasteiger charge is 2.34. The molecule has 0 unspecified atom stereocenters. The molecule has 0 aliphatic heterocycles. The number of nitrogens with one attached hydrogen (secondary N) is 1. The summed E-state index contributed by atoms with van der Waals surface area (Å²) in [7, 11) is 0. The van der Waals surface area contributed by atoms with Crippen molar-refractivity contribution in [2.75, 3.05) is 23.4 Å². The highest BCUT2D eigenvalue weighted by Crippen LogP contribution is 2.38. The molecule has 1 rings (SSSR count). The maximum atomic E-state index is 12.8. The number of benzene rings is 1. The van der Waals surface area contributed by atoms with E-state index in [4.69, 9.17) is 11.6 Å². The summed E-state index contributed by atoms with van der Waals surface area (Å²) in [6, 6.07) is 3.22. The van der Waals surface area contributed by atoms with E-state index in [1.165, 1.54) is 6.07 Å². The Morgan fingerprint density at radius 3 is 2.59 bits per heavy atom. The van der Waals surface area contributed by atoms with Crippen LogP contribution >= 0.6 is 23.4 Å². The zero-order valence-electron chi connectivity index (χ0n) is 11.5. The van der Waals surface area contributed by atoms with Crippen molar-refractivity contribution in [3.8, 4) is 0 Å². The molecule has 0 heterocycles. The number of thioether (sulfide) groups is 1. The maximum absolute atomic E-state index is 12.8. The molecule has 0 fully saturated rings. The first-order valence-electron chi connectivity index (χ1n) is 6.14. The molecule has 0 spiro atoms. The SMILES string of the molecule is CCOC(=O)CSCC(=O)Nc1c(Cl)cccc1C(F)(F)F. The van der Waals surface area contributed by atoms with E-state index < -0.39 is 29.3 Å². The summed E-state index contributed by atoms with van der Waals surface area (Å²) in [5.74, 6) is -1.43. The first-order valence-corrected chi connectivity index (χ1v) is 7.68. The van der Waals surface area contributed by atoms with Gasteiger partial charge in [0.15, 0.2) is 0 Å². The Labute approximate surface area is 134 Å². The second-order valence-corrected chi connectivity index (χ2v) is 5.40. The molecule has 0 aliphatic carbocycles. The van der Waals surface area contributed by atoms with Gasteiger partial charge < -0.3 is 10.1 Å². The van der Waals surface area contributed by atoms with E-state index in [-0.39, 0.29) is 23.1 Å². The van der Waals surface area contributed by atoms with Crippen LogP contribution in [0.5, 0.6) is 0 Å². The molecule has 0 aliphatic rings. The summed E-state index contributed by atoms with van der Waals surface area (Å²) in [6.07, 6.45) is -4.63. The number of carbonyl (C=O) groups excluding carboxylic acids is 2. The van der Waals surface area contributed by atoms with Crippen molar-refractivity contribution < 1.29 is 27.5 Å². The van der Waals surface area contributed by atoms with Crippen LogP contribution < -0.4 is 5.32 Å². The largest absolute Gasteiger partial charge is 0.465 e. The van der Waals surface area contributed by atoms with Gasteiger partial charge in [0.25, 0.3) is 0 Å². The summed E-state index contributed by atoms with van der Waals surface area (Å²) in [4.78, 5) is 22.8. The fraction of sp³-hybridized carbons (Fsp3) is 0.385. The molecule has 0 bridgehead atoms. The standard InChI is InChI=1S/C13H13ClF3NO3S/c1-2-21-11(20)7-22-6-10(19)18-12-8(13(15,16)17)4-3-5-9(12)14/h3-5H,2,6-7H2,1H3,(H,18,19). The zero-order valence-corrected chi connectivity index (χ0v) is 13.1. The first kappa shape index (κ1) is 18.6. The van der Waals surface area contributed by atoms with E-state index in [1.54, 1.807) is 6.92 Å². The Kier molecular flexibility index (Phi) is 7.02. The number of para-hydroxylation sites is 1. The van der Waals surface area contributed by atoms with E-state index >= 15 is 0 Å². The third-order valence-corrected chi connectivity index (χ3v) is 3.56. The molecular weight excluding hydrogens is 343 g/mol. The number of carbonyl (C=O) groups is 2. The third kappa shape index (κ3) is 5.76. The van der Waals surface area contributed by atoms with Crippen LogP contribution in [0.4, 0.5) is 18.9 Å². The highest BCUT2D eigenvalue weighted by atomic mass is 35.5. The molecule has 22 heavy (non-hydrogen) atoms. The van der Waals surface area contributed by atoms with Crippen LogP contribution in [-0.4, -0.2) is 30.0 Å². The van der Waals surface area contributed by atoms with Gasteiger partial charge in [-0.25, -0.2) is 0 Å². The molecule has 1 N–H and O–H groups in total. The van der Waals surface area contributed by atoms with Gasteiger partial charge in [-0.1, -0.05) is 17.7 Å². The molecule has 1 aromatic rings. The van der Waals surface area contributed by atoms with Crippen molar-refractivity contribution in [2.24, 2.45) is 0 Å². The second kappa shape index (κ2) is 8.28. The molecule has 0 saturated heterocycles. The van der Waals surface area contributed by atoms with E-state index in [9.17, 15) is 22.8 Å². The first-order chi connectivity index (χ1) is 10.3. The number of esters is 1. The molecule has 1 amide bonds. The zero-order chi connectivity index (χ0) is 16.8. The predicted octanol–water partition coefficient (Wildman–Crippen LogP) is 3.59. The van der Waals surface area contributed by atoms with Gasteiger partial charge in [-0.3, -0.25) is 9.59 Å². The van der Waals surface area contributed by atoms with Crippen LogP contribution in [-0.2, 0) is 20.5 Å². The van der Waals surface area contributed by atoms with Gasteiger partial charge in [-0.2, -0.15) is 13.2 Å². The van der Waals surface area contributed by atoms with Gasteiger partial charge >= 0.3 is 12.1 Å². The van der Waals surface area contributed by atoms with Crippen molar-refractivity contribution in [1.29, 1.82) is 0 Å². The maximum Gasteiger partial charge on any atom is 0.418 e. The normalized spacial score (nSPS) is 11.1. The fourth-order valence-electron chi connectivity index (χ4n) is 1.49. The number of hydrogen-bond donors (Lipinski definition) is 1. The lowest BCUT2D eigenvalue weighted by atomic mass is 10.1. The smallest absolute Gasteiger partial charge is 0.418 e. The van der Waals surface area contributed by atoms with Gasteiger partial charge in [-0.05, 0) is 19.1 Å². The summed E-state index contributed by atoms with van der Waals surface area (Å²) in [5, 5.41) is 1.92. The van der Waals surface area contributed by atoms with Crippen molar-refractivity contribution in [3.63, 3.8) is 0 Å². The van der Waals surface area contributed by atoms with Crippen LogP contribution in [0.3, 0.4) is 0 Å². The minimum Gasteiger partial charge on any atom is -0.465 e. The molecule has 9 heteroatoms. The lowest BCUT2D eigenvalue weighted by Crippen LogP contribution is -2.19. The van der Waals surface area contributed by atoms with Crippen LogP contribution in [0.15, 0.2) is 18.2 Å². The number of alkyl halides is 3. The monoisotopic (exact) mass is 355 g/mol. The summed E-state index contributed by atoms with van der Waals surface area (Å²) in [6.45, 7) is 1.87. The molecule has 0 radical (unpaired) electrons. The Balaban J connectivity index is 2.67. The molecule has 0 atom stereocenters. The number of hydrogen-bond acceptors (Lipinski definition) is 4. The van der Waals surface area contributed by atoms with E-state index in [0.29, 0.717) is 0 Å². The summed E-state index contributed by atoms with van der Waals surface area (Å²) in [5.41, 5.74) is -1.51. The molecule has 0 saturated carbocycles. The number of halogens is 4. The lowest BCUT2D eigenvalue weighted by molar-refractivity contribution is -0.140. The van der Waals surface area contributed by atoms with Gasteiger partial charge in [0.1, 0.15) is 0 Å². The van der Waals surface area contributed by atoms with Gasteiger partial charge in [-0.15, -0.1) is 11.8 Å². The Hall–Kier alpha value is -1.41. The fourth-order valence-corrected chi connectivity index (χ4v) is 2.32. The van der Waals surface area contributed by atoms with Gasteiger partial charge in [0.05, 0.1) is 34.4 Å². The van der Waals surface area contributed by atoms with Crippen LogP contribution in [0, 0.1) is 0 Å². The Morgan fingerprint density at radius 1 is 1.32 bits per heavy atom. The third-order valence-electron chi connectivity index (χ3n) is 2.34. The number of anilines is 1. The molecule has 1 aromatic carbocycles. The average Bonchev–Trinajstić information content (AvgIpc) is 2.40. The number of ether oxygens (including phenoxy) is 1. The number of amides is 1. The summed E-state index contributed by atoms with van der Waals surface area (Å²) >= 11 is 6.65. The van der Waals surface area contributed by atoms with Crippen LogP contribution in [0.2, 0.25) is 5.02 Å². The highest BCUT2D eigenvalue weighted by molar-refractivity contribution is 8.00. The molecule has 4 nitrogen and oxygen atoms in total. The Morgan fingerprint density at radius 2 is 2.00 bits per heavy atom. The minimum atomic E-state index is -4.63. The van der Waals surface area contributed by atoms with E-state index in [0.717, 1.165) is 23.9 Å². The molecule has 0 aromatic heterocycles. The van der Waals surface area contributed by atoms with Gasteiger partial charge in [0, 0.05) is 0 Å². The number of rotatable bonds is 6. The van der Waals surface area contributed by atoms with E-state index in [2.05, 4.69) is 10.1 Å². The molecule has 122 valence electrons. The van der Waals surface area contributed by atoms with Crippen molar-refractivity contribution >= 4 is 40.9 Å². The Bertz CT molecular complexity index is 552.